The predicted octanol–water partition coefficient (Wildman–Crippen LogP) is 1.93. The van der Waals surface area contributed by atoms with E-state index in [4.69, 9.17) is 17.3 Å². The van der Waals surface area contributed by atoms with Gasteiger partial charge >= 0.3 is 0 Å². The molecule has 1 aromatic heterocycles. The molecule has 0 saturated carbocycles. The van der Waals surface area contributed by atoms with E-state index in [-0.39, 0.29) is 5.41 Å². The number of nitrogens with two attached hydrogens (primary N) is 1. The van der Waals surface area contributed by atoms with Gasteiger partial charge in [0, 0.05) is 17.2 Å². The minimum absolute atomic E-state index is 0.0646. The highest BCUT2D eigenvalue weighted by Crippen LogP contribution is 2.21. The number of halogens is 1. The highest BCUT2D eigenvalue weighted by molar-refractivity contribution is 6.30. The Kier molecular flexibility index (Phi) is 3.45. The lowest BCUT2D eigenvalue weighted by Crippen LogP contribution is -2.17. The summed E-state index contributed by atoms with van der Waals surface area (Å²) in [6, 6.07) is 0. The van der Waals surface area contributed by atoms with Crippen LogP contribution in [-0.2, 0) is 11.8 Å². The van der Waals surface area contributed by atoms with Crippen LogP contribution in [-0.4, -0.2) is 16.5 Å². The fourth-order valence-corrected chi connectivity index (χ4v) is 1.29. The van der Waals surface area contributed by atoms with Crippen LogP contribution in [0.2, 0.25) is 5.15 Å². The molecule has 2 N–H and O–H groups in total. The average molecular weight is 214 g/mol. The van der Waals surface area contributed by atoms with Crippen molar-refractivity contribution < 1.29 is 0 Å². The first-order chi connectivity index (χ1) is 6.45. The lowest BCUT2D eigenvalue weighted by atomic mass is 9.96. The minimum atomic E-state index is -0.0646. The van der Waals surface area contributed by atoms with E-state index in [9.17, 15) is 0 Å². The van der Waals surface area contributed by atoms with Gasteiger partial charge in [0.2, 0.25) is 0 Å². The first kappa shape index (κ1) is 11.4. The molecule has 4 heteroatoms. The monoisotopic (exact) mass is 213 g/mol. The molecule has 0 radical (unpaired) electrons. The Bertz CT molecular complexity index is 318. The largest absolute Gasteiger partial charge is 0.330 e. The molecule has 0 amide bonds. The number of hydrogen-bond acceptors (Lipinski definition) is 3. The standard InChI is InChI=1S/C10H16ClN3/c1-10(2,3)9-13-6-7(4-5-12)8(11)14-9/h6H,4-5,12H2,1-3H3. The number of nitrogens with zero attached hydrogens (tertiary/aromatic N) is 2. The van der Waals surface area contributed by atoms with Crippen molar-refractivity contribution in [2.75, 3.05) is 6.54 Å². The number of aromatic nitrogens is 2. The summed E-state index contributed by atoms with van der Waals surface area (Å²) in [6.45, 7) is 6.74. The summed E-state index contributed by atoms with van der Waals surface area (Å²) >= 11 is 6.01. The molecule has 0 spiro atoms. The van der Waals surface area contributed by atoms with Gasteiger partial charge in [-0.1, -0.05) is 32.4 Å². The first-order valence-electron chi connectivity index (χ1n) is 4.67. The predicted molar refractivity (Wildman–Crippen MR) is 58.5 cm³/mol. The Morgan fingerprint density at radius 3 is 2.50 bits per heavy atom. The van der Waals surface area contributed by atoms with Crippen LogP contribution < -0.4 is 5.73 Å². The second kappa shape index (κ2) is 4.24. The molecule has 1 rings (SSSR count). The molecule has 1 heterocycles. The Labute approximate surface area is 89.7 Å². The van der Waals surface area contributed by atoms with E-state index >= 15 is 0 Å². The van der Waals surface area contributed by atoms with Crippen LogP contribution in [0.1, 0.15) is 32.2 Å². The minimum Gasteiger partial charge on any atom is -0.330 e. The van der Waals surface area contributed by atoms with Crippen molar-refractivity contribution in [2.45, 2.75) is 32.6 Å². The molecular formula is C10H16ClN3. The van der Waals surface area contributed by atoms with E-state index in [1.54, 1.807) is 6.20 Å². The van der Waals surface area contributed by atoms with Crippen molar-refractivity contribution >= 4 is 11.6 Å². The molecule has 3 nitrogen and oxygen atoms in total. The summed E-state index contributed by atoms with van der Waals surface area (Å²) in [4.78, 5) is 8.54. The molecule has 0 aliphatic carbocycles. The Morgan fingerprint density at radius 2 is 2.07 bits per heavy atom. The third-order valence-corrected chi connectivity index (χ3v) is 2.22. The van der Waals surface area contributed by atoms with Gasteiger partial charge in [-0.15, -0.1) is 0 Å². The van der Waals surface area contributed by atoms with Gasteiger partial charge in [0.25, 0.3) is 0 Å². The Hall–Kier alpha value is -0.670. The number of hydrogen-bond donors (Lipinski definition) is 1. The van der Waals surface area contributed by atoms with Crippen LogP contribution in [0.15, 0.2) is 6.20 Å². The van der Waals surface area contributed by atoms with Crippen molar-refractivity contribution in [3.63, 3.8) is 0 Å². The van der Waals surface area contributed by atoms with Crippen molar-refractivity contribution in [1.29, 1.82) is 0 Å². The summed E-state index contributed by atoms with van der Waals surface area (Å²) in [5, 5.41) is 0.523. The smallest absolute Gasteiger partial charge is 0.136 e. The van der Waals surface area contributed by atoms with Crippen LogP contribution in [0.3, 0.4) is 0 Å². The molecule has 0 bridgehead atoms. The van der Waals surface area contributed by atoms with Gasteiger partial charge in [-0.25, -0.2) is 9.97 Å². The summed E-state index contributed by atoms with van der Waals surface area (Å²) in [5.41, 5.74) is 6.29. The highest BCUT2D eigenvalue weighted by Gasteiger charge is 2.18. The third-order valence-electron chi connectivity index (χ3n) is 1.90. The van der Waals surface area contributed by atoms with Gasteiger partial charge in [0.05, 0.1) is 0 Å². The lowest BCUT2D eigenvalue weighted by molar-refractivity contribution is 0.544. The summed E-state index contributed by atoms with van der Waals surface area (Å²) < 4.78 is 0. The van der Waals surface area contributed by atoms with Gasteiger partial charge in [-0.3, -0.25) is 0 Å². The SMILES string of the molecule is CC(C)(C)c1ncc(CCN)c(Cl)n1. The molecule has 78 valence electrons. The van der Waals surface area contributed by atoms with Gasteiger partial charge in [-0.05, 0) is 13.0 Å². The fraction of sp³-hybridized carbons (Fsp3) is 0.600. The van der Waals surface area contributed by atoms with Gasteiger partial charge in [-0.2, -0.15) is 0 Å². The zero-order chi connectivity index (χ0) is 10.8. The lowest BCUT2D eigenvalue weighted by Gasteiger charge is -2.16. The van der Waals surface area contributed by atoms with Gasteiger partial charge in [0.1, 0.15) is 11.0 Å². The van der Waals surface area contributed by atoms with E-state index in [2.05, 4.69) is 30.7 Å². The topological polar surface area (TPSA) is 51.8 Å². The van der Waals surface area contributed by atoms with E-state index in [0.717, 1.165) is 17.8 Å². The second-order valence-electron chi connectivity index (χ2n) is 4.30. The summed E-state index contributed by atoms with van der Waals surface area (Å²) in [6.07, 6.45) is 2.49. The van der Waals surface area contributed by atoms with Gasteiger partial charge in [0.15, 0.2) is 0 Å². The Balaban J connectivity index is 3.01. The summed E-state index contributed by atoms with van der Waals surface area (Å²) in [5.74, 6) is 0.767. The molecule has 0 aliphatic rings. The van der Waals surface area contributed by atoms with Crippen LogP contribution in [0, 0.1) is 0 Å². The van der Waals surface area contributed by atoms with Crippen LogP contribution in [0.25, 0.3) is 0 Å². The van der Waals surface area contributed by atoms with Crippen LogP contribution in [0.4, 0.5) is 0 Å². The normalized spacial score (nSPS) is 11.8. The maximum absolute atomic E-state index is 6.01. The quantitative estimate of drug-likeness (QED) is 0.764. The zero-order valence-corrected chi connectivity index (χ0v) is 9.60. The van der Waals surface area contributed by atoms with E-state index in [0.29, 0.717) is 11.7 Å². The molecule has 0 fully saturated rings. The molecule has 1 aromatic rings. The van der Waals surface area contributed by atoms with Crippen molar-refractivity contribution in [2.24, 2.45) is 5.73 Å². The van der Waals surface area contributed by atoms with Crippen molar-refractivity contribution in [3.8, 4) is 0 Å². The third kappa shape index (κ3) is 2.66. The van der Waals surface area contributed by atoms with Crippen molar-refractivity contribution in [3.05, 3.63) is 22.7 Å². The van der Waals surface area contributed by atoms with E-state index < -0.39 is 0 Å². The zero-order valence-electron chi connectivity index (χ0n) is 8.84. The molecule has 0 unspecified atom stereocenters. The average Bonchev–Trinajstić information content (AvgIpc) is 2.07. The molecule has 0 aliphatic heterocycles. The first-order valence-corrected chi connectivity index (χ1v) is 5.05. The maximum atomic E-state index is 6.01. The molecule has 0 aromatic carbocycles. The van der Waals surface area contributed by atoms with E-state index in [1.807, 2.05) is 0 Å². The van der Waals surface area contributed by atoms with Gasteiger partial charge < -0.3 is 5.73 Å². The molecular weight excluding hydrogens is 198 g/mol. The van der Waals surface area contributed by atoms with Crippen molar-refractivity contribution in [1.82, 2.24) is 9.97 Å². The van der Waals surface area contributed by atoms with E-state index in [1.165, 1.54) is 0 Å². The molecule has 0 saturated heterocycles. The van der Waals surface area contributed by atoms with Crippen LogP contribution in [0.5, 0.6) is 0 Å². The molecule has 0 atom stereocenters. The fourth-order valence-electron chi connectivity index (χ4n) is 1.07. The second-order valence-corrected chi connectivity index (χ2v) is 4.66. The summed E-state index contributed by atoms with van der Waals surface area (Å²) in [7, 11) is 0. The highest BCUT2D eigenvalue weighted by atomic mass is 35.5. The molecule has 14 heavy (non-hydrogen) atoms. The van der Waals surface area contributed by atoms with Crippen LogP contribution >= 0.6 is 11.6 Å². The maximum Gasteiger partial charge on any atom is 0.136 e. The number of rotatable bonds is 2. The Morgan fingerprint density at radius 1 is 1.43 bits per heavy atom.